The normalized spacial score (nSPS) is 23.5. The number of fused-ring (bicyclic) bond motifs is 2. The standard InChI is InChI=1S/C78H100N10O18/c1-41(2)63(83-57(90)22-15-14-16-33-88-58(91)27-28-59(88)92)76(99)82-53(21-18-32-80-77(79)100)75(98)81-50-25-23-49(24-26-50)40-102-55-38-52(87-34-29-51(30-35-87)86(11)12)39-56-64(55)84-65-60-61-68(94)47(8)71-62(60)73(96)78(10,106-71)103-36-31-54(101-13)45(6)70(104-48(9)89)46(7)67(93)44(5)37-42(3)19-17-20-43(4)74(97)85-66(69(61)95)72(65)105-56/h17,19-20,23-28,31,36,38-39,41-42,44-46,51,53-54,63,67,70,93-94H,14-16,18,21-22,29-30,32-35,37,40H2,1-13H3,(H,81,98)(H,82,99)(H,83,90)(H,85,97)(H3,79,80,100)/b19-17+,36-31+,43-20-/t42-,44+,45+,46+,53-,54-,63?,67+,70+,78-/m0/s1. The molecule has 106 heavy (non-hydrogen) atoms. The Morgan fingerprint density at radius 1 is 0.896 bits per heavy atom. The smallest absolute Gasteiger partial charge is 0.312 e. The number of primary amides is 1. The Morgan fingerprint density at radius 2 is 1.59 bits per heavy atom. The van der Waals surface area contributed by atoms with Gasteiger partial charge in [-0.05, 0) is 114 Å². The van der Waals surface area contributed by atoms with E-state index in [1.165, 1.54) is 52.4 Å². The second kappa shape index (κ2) is 34.8. The Hall–Kier alpha value is -10.2. The Bertz CT molecular complexity index is 4290. The molecule has 4 bridgehead atoms. The number of anilines is 3. The summed E-state index contributed by atoms with van der Waals surface area (Å²) < 4.78 is 38.2. The van der Waals surface area contributed by atoms with Crippen LogP contribution in [0.15, 0.2) is 93.9 Å². The number of amides is 8. The first-order chi connectivity index (χ1) is 50.3. The van der Waals surface area contributed by atoms with Crippen molar-refractivity contribution in [2.24, 2.45) is 35.3 Å². The second-order valence-corrected chi connectivity index (χ2v) is 28.9. The minimum Gasteiger partial charge on any atom is -0.507 e. The van der Waals surface area contributed by atoms with Gasteiger partial charge in [0.05, 0.1) is 29.4 Å². The van der Waals surface area contributed by atoms with Crippen LogP contribution in [0.5, 0.6) is 17.2 Å². The lowest BCUT2D eigenvalue weighted by atomic mass is 9.79. The first kappa shape index (κ1) is 79.9. The molecule has 1 fully saturated rings. The van der Waals surface area contributed by atoms with Gasteiger partial charge in [-0.1, -0.05) is 78.3 Å². The zero-order valence-corrected chi connectivity index (χ0v) is 62.5. The summed E-state index contributed by atoms with van der Waals surface area (Å²) in [5, 5.41) is 37.3. The summed E-state index contributed by atoms with van der Waals surface area (Å²) in [6.07, 6.45) is 11.8. The molecule has 0 saturated carbocycles. The Labute approximate surface area is 616 Å². The number of ketones is 1. The van der Waals surface area contributed by atoms with Crippen molar-refractivity contribution < 1.29 is 81.5 Å². The number of ether oxygens (including phenoxy) is 5. The van der Waals surface area contributed by atoms with E-state index in [1.54, 1.807) is 77.1 Å². The van der Waals surface area contributed by atoms with Gasteiger partial charge in [0, 0.05) is 124 Å². The summed E-state index contributed by atoms with van der Waals surface area (Å²) in [5.41, 5.74) is 5.77. The summed E-state index contributed by atoms with van der Waals surface area (Å²) in [6, 6.07) is 7.68. The van der Waals surface area contributed by atoms with E-state index in [2.05, 4.69) is 36.4 Å². The third kappa shape index (κ3) is 18.5. The number of aromatic nitrogens is 1. The number of aromatic hydroxyl groups is 1. The molecule has 28 heteroatoms. The lowest BCUT2D eigenvalue weighted by Crippen LogP contribution is -2.54. The maximum absolute atomic E-state index is 15.4. The Morgan fingerprint density at radius 3 is 2.25 bits per heavy atom. The Kier molecular flexibility index (Phi) is 26.2. The van der Waals surface area contributed by atoms with Crippen molar-refractivity contribution in [2.75, 3.05) is 62.9 Å². The number of Topliss-reactive ketones (excluding diaryl/α,β-unsaturated/α-hetero) is 1. The molecule has 1 saturated heterocycles. The molecular weight excluding hydrogens is 1360 g/mol. The van der Waals surface area contributed by atoms with Crippen LogP contribution in [-0.4, -0.2) is 168 Å². The molecule has 0 spiro atoms. The van der Waals surface area contributed by atoms with E-state index in [9.17, 15) is 48.6 Å². The number of esters is 1. The van der Waals surface area contributed by atoms with E-state index >= 15 is 9.59 Å². The van der Waals surface area contributed by atoms with Crippen molar-refractivity contribution in [3.8, 4) is 28.7 Å². The van der Waals surface area contributed by atoms with Crippen molar-refractivity contribution in [3.05, 3.63) is 112 Å². The number of benzene rings is 4. The van der Waals surface area contributed by atoms with E-state index in [-0.39, 0.29) is 130 Å². The Balaban J connectivity index is 1.06. The molecule has 1 aliphatic carbocycles. The highest BCUT2D eigenvalue weighted by Crippen LogP contribution is 2.51. The zero-order chi connectivity index (χ0) is 77.2. The first-order valence-electron chi connectivity index (χ1n) is 36.2. The van der Waals surface area contributed by atoms with Gasteiger partial charge in [0.25, 0.3) is 23.5 Å². The summed E-state index contributed by atoms with van der Waals surface area (Å²) in [4.78, 5) is 146. The van der Waals surface area contributed by atoms with Crippen molar-refractivity contribution in [1.29, 1.82) is 0 Å². The van der Waals surface area contributed by atoms with E-state index in [4.69, 9.17) is 38.8 Å². The minimum absolute atomic E-state index is 0.00102. The molecule has 10 atom stereocenters. The van der Waals surface area contributed by atoms with Crippen molar-refractivity contribution in [1.82, 2.24) is 30.7 Å². The van der Waals surface area contributed by atoms with E-state index < -0.39 is 107 Å². The van der Waals surface area contributed by atoms with Gasteiger partial charge in [0.2, 0.25) is 23.2 Å². The zero-order valence-electron chi connectivity index (χ0n) is 62.5. The van der Waals surface area contributed by atoms with Crippen molar-refractivity contribution in [2.45, 2.75) is 176 Å². The lowest BCUT2D eigenvalue weighted by Gasteiger charge is -2.36. The number of hydrogen-bond acceptors (Lipinski definition) is 21. The number of carbonyl (C=O) groups is 9. The fraction of sp³-hybridized carbons (Fsp3) is 0.500. The van der Waals surface area contributed by atoms with Crippen molar-refractivity contribution >= 4 is 92.2 Å². The molecule has 3 aromatic carbocycles. The molecule has 6 aliphatic rings. The fourth-order valence-electron chi connectivity index (χ4n) is 14.1. The summed E-state index contributed by atoms with van der Waals surface area (Å²) in [6.45, 7) is 18.2. The number of unbranched alkanes of at least 4 members (excludes halogenated alkanes) is 2. The SMILES string of the molecule is CO[C@H]1/C=C/O[C@@]2(C)Oc3c(C)c(O)c4c(=O)c(c5oc6cc(N7CCC(N(C)C)CC7)cc(OCc7ccc(NC(=O)[C@H](CCCNC(N)=O)NC(=O)C(NC(=O)CCCCCN8C(=O)C=CC8=O)C(C)C)cc7)c6nc-5c4c3C2=O)NC(=O)/C(C)=C\C=C\[C@H](C)C[C@@H](C)[C@@H](O)[C@@H](C)[C@H](OC(C)=O)[C@@H]1C. The average Bonchev–Trinajstić information content (AvgIpc) is 1.53. The molecule has 5 aliphatic heterocycles. The number of methoxy groups -OCH3 is 1. The quantitative estimate of drug-likeness (QED) is 0.00997. The molecule has 0 aromatic heterocycles. The van der Waals surface area contributed by atoms with Gasteiger partial charge < -0.3 is 80.4 Å². The van der Waals surface area contributed by atoms with E-state index in [0.717, 1.165) is 17.7 Å². The van der Waals surface area contributed by atoms with Crippen LogP contribution >= 0.6 is 0 Å². The number of nitrogens with zero attached hydrogens (tertiary/aromatic N) is 4. The van der Waals surface area contributed by atoms with Crippen LogP contribution in [0.1, 0.15) is 142 Å². The van der Waals surface area contributed by atoms with Gasteiger partial charge in [-0.15, -0.1) is 0 Å². The van der Waals surface area contributed by atoms with Crippen LogP contribution in [0.3, 0.4) is 0 Å². The predicted octanol–water partition coefficient (Wildman–Crippen LogP) is 8.59. The van der Waals surface area contributed by atoms with Crippen LogP contribution in [0.2, 0.25) is 0 Å². The number of hydrogen-bond donors (Lipinski definition) is 8. The maximum atomic E-state index is 15.4. The molecule has 0 radical (unpaired) electrons. The minimum atomic E-state index is -2.15. The molecule has 570 valence electrons. The topological polar surface area (TPSA) is 379 Å². The molecule has 8 amide bonds. The van der Waals surface area contributed by atoms with Gasteiger partial charge in [-0.25, -0.2) is 9.78 Å². The number of carbonyl (C=O) groups excluding carboxylic acids is 9. The average molecular weight is 1470 g/mol. The molecule has 9 rings (SSSR count). The van der Waals surface area contributed by atoms with Gasteiger partial charge in [0.15, 0.2) is 17.1 Å². The summed E-state index contributed by atoms with van der Waals surface area (Å²) >= 11 is 0. The highest BCUT2D eigenvalue weighted by atomic mass is 16.7. The number of aliphatic hydroxyl groups excluding tert-OH is 1. The van der Waals surface area contributed by atoms with Gasteiger partial charge in [-0.2, -0.15) is 0 Å². The van der Waals surface area contributed by atoms with Crippen LogP contribution < -0.4 is 52.1 Å². The highest BCUT2D eigenvalue weighted by Gasteiger charge is 2.50. The van der Waals surface area contributed by atoms with E-state index in [1.807, 2.05) is 40.1 Å². The fourth-order valence-corrected chi connectivity index (χ4v) is 14.1. The lowest BCUT2D eigenvalue weighted by molar-refractivity contribution is -0.159. The molecule has 9 N–H and O–H groups in total. The summed E-state index contributed by atoms with van der Waals surface area (Å²) in [5.74, 6) is -9.27. The van der Waals surface area contributed by atoms with Crippen LogP contribution in [0.25, 0.3) is 33.3 Å². The number of rotatable bonds is 23. The number of aliphatic hydroxyl groups is 1. The molecule has 1 unspecified atom stereocenters. The van der Waals surface area contributed by atoms with Crippen LogP contribution in [0, 0.1) is 36.5 Å². The number of phenolic OH excluding ortho intramolecular Hbond substituents is 1. The highest BCUT2D eigenvalue weighted by molar-refractivity contribution is 6.22. The number of imide groups is 1. The monoisotopic (exact) mass is 1460 g/mol. The third-order valence-corrected chi connectivity index (χ3v) is 20.4. The number of piperidine rings is 1. The molecule has 28 nitrogen and oxygen atoms in total. The predicted molar refractivity (Wildman–Crippen MR) is 398 cm³/mol. The number of nitrogens with two attached hydrogens (primary N) is 1. The van der Waals surface area contributed by atoms with Gasteiger partial charge in [0.1, 0.15) is 53.2 Å². The van der Waals surface area contributed by atoms with E-state index in [0.29, 0.717) is 61.8 Å². The second-order valence-electron chi connectivity index (χ2n) is 28.9. The van der Waals surface area contributed by atoms with Crippen LogP contribution in [0.4, 0.5) is 21.9 Å². The first-order valence-corrected chi connectivity index (χ1v) is 36.2. The molecular formula is C78H100N10O18. The summed E-state index contributed by atoms with van der Waals surface area (Å²) in [7, 11) is 5.53. The maximum Gasteiger partial charge on any atom is 0.312 e. The number of urea groups is 1. The third-order valence-electron chi connectivity index (χ3n) is 20.4. The van der Waals surface area contributed by atoms with Gasteiger partial charge in [-0.3, -0.25) is 48.1 Å². The largest absolute Gasteiger partial charge is 0.507 e. The molecule has 3 aromatic rings. The number of phenols is 1. The number of allylic oxidation sites excluding steroid dienone is 3. The number of nitrogens with one attached hydrogen (secondary N) is 5. The van der Waals surface area contributed by atoms with Gasteiger partial charge >= 0.3 is 17.8 Å². The van der Waals surface area contributed by atoms with Crippen molar-refractivity contribution in [3.63, 3.8) is 0 Å². The molecule has 5 heterocycles. The van der Waals surface area contributed by atoms with Crippen LogP contribution in [-0.2, 0) is 54.4 Å².